The normalized spacial score (nSPS) is 22.2. The second kappa shape index (κ2) is 7.54. The molecule has 4 rings (SSSR count). The molecule has 0 amide bonds. The molecule has 5 heteroatoms. The predicted molar refractivity (Wildman–Crippen MR) is 105 cm³/mol. The highest BCUT2D eigenvalue weighted by molar-refractivity contribution is 5.94. The second-order valence-corrected chi connectivity index (χ2v) is 7.05. The van der Waals surface area contributed by atoms with E-state index in [4.69, 9.17) is 9.47 Å². The smallest absolute Gasteiger partial charge is 0.168 e. The average molecular weight is 353 g/mol. The van der Waals surface area contributed by atoms with E-state index in [2.05, 4.69) is 40.9 Å². The Hall–Kier alpha value is -2.27. The quantitative estimate of drug-likeness (QED) is 0.836. The van der Waals surface area contributed by atoms with Crippen molar-refractivity contribution in [3.05, 3.63) is 41.2 Å². The minimum atomic E-state index is 0.608. The maximum Gasteiger partial charge on any atom is 0.168 e. The summed E-state index contributed by atoms with van der Waals surface area (Å²) in [5, 5.41) is 0. The molecule has 0 saturated carbocycles. The Labute approximate surface area is 155 Å². The van der Waals surface area contributed by atoms with Crippen LogP contribution in [0.15, 0.2) is 40.7 Å². The van der Waals surface area contributed by atoms with E-state index in [0.29, 0.717) is 13.2 Å². The van der Waals surface area contributed by atoms with Gasteiger partial charge in [-0.2, -0.15) is 0 Å². The van der Waals surface area contributed by atoms with Crippen LogP contribution < -0.4 is 9.47 Å². The molecule has 1 saturated heterocycles. The van der Waals surface area contributed by atoms with Gasteiger partial charge in [0.15, 0.2) is 11.5 Å². The van der Waals surface area contributed by atoms with Gasteiger partial charge in [-0.25, -0.2) is 0 Å². The van der Waals surface area contributed by atoms with E-state index in [0.717, 1.165) is 56.1 Å². The fourth-order valence-corrected chi connectivity index (χ4v) is 3.87. The van der Waals surface area contributed by atoms with Crippen molar-refractivity contribution in [2.24, 2.45) is 4.99 Å². The lowest BCUT2D eigenvalue weighted by molar-refractivity contribution is 0.171. The van der Waals surface area contributed by atoms with Crippen LogP contribution >= 0.6 is 0 Å². The zero-order valence-electron chi connectivity index (χ0n) is 15.7. The largest absolute Gasteiger partial charge is 0.486 e. The molecule has 3 aliphatic heterocycles. The topological polar surface area (TPSA) is 37.3 Å². The van der Waals surface area contributed by atoms with Crippen molar-refractivity contribution in [3.63, 3.8) is 0 Å². The zero-order valence-corrected chi connectivity index (χ0v) is 15.7. The summed E-state index contributed by atoms with van der Waals surface area (Å²) in [6.45, 7) is 7.79. The maximum absolute atomic E-state index is 5.95. The first-order valence-corrected chi connectivity index (χ1v) is 9.53. The number of para-hydroxylation sites is 1. The van der Waals surface area contributed by atoms with Gasteiger partial charge in [-0.1, -0.05) is 19.1 Å². The van der Waals surface area contributed by atoms with E-state index in [-0.39, 0.29) is 0 Å². The number of piperazine rings is 1. The van der Waals surface area contributed by atoms with Gasteiger partial charge in [0.05, 0.1) is 0 Å². The van der Waals surface area contributed by atoms with E-state index in [9.17, 15) is 0 Å². The van der Waals surface area contributed by atoms with Gasteiger partial charge >= 0.3 is 0 Å². The fraction of sp³-hybridized carbons (Fsp3) is 0.476. The van der Waals surface area contributed by atoms with E-state index in [1.54, 1.807) is 0 Å². The minimum absolute atomic E-state index is 0.608. The van der Waals surface area contributed by atoms with E-state index >= 15 is 0 Å². The number of fused-ring (bicyclic) bond motifs is 1. The van der Waals surface area contributed by atoms with Crippen molar-refractivity contribution in [2.45, 2.75) is 19.8 Å². The first kappa shape index (κ1) is 17.2. The number of likely N-dealkylation sites (N-methyl/N-ethyl adjacent to an activating group) is 1. The van der Waals surface area contributed by atoms with Crippen molar-refractivity contribution < 1.29 is 9.47 Å². The van der Waals surface area contributed by atoms with Crippen LogP contribution in [0.2, 0.25) is 0 Å². The molecule has 5 nitrogen and oxygen atoms in total. The first-order chi connectivity index (χ1) is 12.8. The van der Waals surface area contributed by atoms with Crippen molar-refractivity contribution in [2.75, 3.05) is 46.4 Å². The zero-order chi connectivity index (χ0) is 17.9. The van der Waals surface area contributed by atoms with Crippen LogP contribution in [0.1, 0.15) is 25.3 Å². The number of hydrogen-bond donors (Lipinski definition) is 0. The SMILES string of the molecule is CCC(=C1C=NC=C(N2CCN(C)CC2)C1)c1cccc2c1OCCO2. The lowest BCUT2D eigenvalue weighted by Crippen LogP contribution is -2.44. The summed E-state index contributed by atoms with van der Waals surface area (Å²) >= 11 is 0. The lowest BCUT2D eigenvalue weighted by Gasteiger charge is -2.36. The van der Waals surface area contributed by atoms with Crippen molar-refractivity contribution in [3.8, 4) is 11.5 Å². The molecule has 0 aliphatic carbocycles. The van der Waals surface area contributed by atoms with Gasteiger partial charge in [-0.05, 0) is 30.7 Å². The molecule has 0 unspecified atom stereocenters. The number of ether oxygens (including phenoxy) is 2. The molecule has 1 aromatic carbocycles. The standard InChI is InChI=1S/C21H27N3O2/c1-3-18(19-5-4-6-20-21(19)26-12-11-25-20)16-13-17(15-22-14-16)24-9-7-23(2)8-10-24/h4-6,14-15H,3,7-13H2,1-2H3. The van der Waals surface area contributed by atoms with Crippen LogP contribution in [0.5, 0.6) is 11.5 Å². The van der Waals surface area contributed by atoms with Crippen molar-refractivity contribution in [1.29, 1.82) is 0 Å². The van der Waals surface area contributed by atoms with E-state index in [1.165, 1.54) is 16.8 Å². The van der Waals surface area contributed by atoms with Crippen molar-refractivity contribution in [1.82, 2.24) is 9.80 Å². The van der Waals surface area contributed by atoms with Gasteiger partial charge in [-0.3, -0.25) is 4.99 Å². The maximum atomic E-state index is 5.95. The molecule has 0 N–H and O–H groups in total. The summed E-state index contributed by atoms with van der Waals surface area (Å²) in [6.07, 6.45) is 5.92. The molecule has 0 radical (unpaired) electrons. The highest BCUT2D eigenvalue weighted by Gasteiger charge is 2.23. The minimum Gasteiger partial charge on any atom is -0.486 e. The number of rotatable bonds is 3. The molecule has 1 aromatic rings. The molecule has 0 aromatic heterocycles. The van der Waals surface area contributed by atoms with Gasteiger partial charge in [-0.15, -0.1) is 0 Å². The molecule has 0 spiro atoms. The third kappa shape index (κ3) is 3.36. The summed E-state index contributed by atoms with van der Waals surface area (Å²) in [5.41, 5.74) is 5.05. The Morgan fingerprint density at radius 2 is 1.92 bits per heavy atom. The molecule has 3 heterocycles. The third-order valence-electron chi connectivity index (χ3n) is 5.37. The van der Waals surface area contributed by atoms with Crippen LogP contribution in [0.4, 0.5) is 0 Å². The van der Waals surface area contributed by atoms with E-state index in [1.807, 2.05) is 18.5 Å². The van der Waals surface area contributed by atoms with Crippen LogP contribution in [0, 0.1) is 0 Å². The molecule has 0 atom stereocenters. The first-order valence-electron chi connectivity index (χ1n) is 9.53. The molecule has 0 bridgehead atoms. The fourth-order valence-electron chi connectivity index (χ4n) is 3.87. The number of benzene rings is 1. The van der Waals surface area contributed by atoms with Crippen LogP contribution in [0.3, 0.4) is 0 Å². The predicted octanol–water partition coefficient (Wildman–Crippen LogP) is 3.18. The summed E-state index contributed by atoms with van der Waals surface area (Å²) < 4.78 is 11.7. The lowest BCUT2D eigenvalue weighted by atomic mass is 9.93. The van der Waals surface area contributed by atoms with Crippen LogP contribution in [-0.4, -0.2) is 62.5 Å². The molecule has 26 heavy (non-hydrogen) atoms. The Bertz CT molecular complexity index is 759. The Morgan fingerprint density at radius 3 is 2.73 bits per heavy atom. The molecular formula is C21H27N3O2. The summed E-state index contributed by atoms with van der Waals surface area (Å²) in [4.78, 5) is 9.42. The summed E-state index contributed by atoms with van der Waals surface area (Å²) in [5.74, 6) is 1.73. The van der Waals surface area contributed by atoms with Gasteiger partial charge in [0.1, 0.15) is 13.2 Å². The van der Waals surface area contributed by atoms with Crippen LogP contribution in [-0.2, 0) is 0 Å². The number of aliphatic imine (C=N–C) groups is 1. The van der Waals surface area contributed by atoms with Crippen LogP contribution in [0.25, 0.3) is 5.57 Å². The number of hydrogen-bond acceptors (Lipinski definition) is 5. The Kier molecular flexibility index (Phi) is 4.98. The monoisotopic (exact) mass is 353 g/mol. The van der Waals surface area contributed by atoms with Gasteiger partial charge in [0, 0.05) is 56.3 Å². The molecule has 138 valence electrons. The third-order valence-corrected chi connectivity index (χ3v) is 5.37. The molecule has 3 aliphatic rings. The second-order valence-electron chi connectivity index (χ2n) is 7.05. The van der Waals surface area contributed by atoms with Gasteiger partial charge < -0.3 is 19.3 Å². The number of nitrogens with zero attached hydrogens (tertiary/aromatic N) is 3. The molecule has 1 fully saturated rings. The number of allylic oxidation sites excluding steroid dienone is 2. The van der Waals surface area contributed by atoms with Crippen molar-refractivity contribution >= 4 is 11.8 Å². The average Bonchev–Trinajstić information content (AvgIpc) is 2.70. The highest BCUT2D eigenvalue weighted by Crippen LogP contribution is 2.40. The van der Waals surface area contributed by atoms with Gasteiger partial charge in [0.25, 0.3) is 0 Å². The summed E-state index contributed by atoms with van der Waals surface area (Å²) in [6, 6.07) is 6.18. The van der Waals surface area contributed by atoms with Gasteiger partial charge in [0.2, 0.25) is 0 Å². The Balaban J connectivity index is 1.63. The molecular weight excluding hydrogens is 326 g/mol. The van der Waals surface area contributed by atoms with E-state index < -0.39 is 0 Å². The Morgan fingerprint density at radius 1 is 1.12 bits per heavy atom. The highest BCUT2D eigenvalue weighted by atomic mass is 16.6. The summed E-state index contributed by atoms with van der Waals surface area (Å²) in [7, 11) is 2.19.